The smallest absolute Gasteiger partial charge is 0.111 e. The van der Waals surface area contributed by atoms with Crippen LogP contribution in [0.5, 0.6) is 0 Å². The van der Waals surface area contributed by atoms with Gasteiger partial charge in [0.25, 0.3) is 0 Å². The van der Waals surface area contributed by atoms with E-state index in [4.69, 9.17) is 13.0 Å². The van der Waals surface area contributed by atoms with Crippen molar-refractivity contribution in [3.8, 4) is 0 Å². The third kappa shape index (κ3) is 4.32. The molecule has 0 spiro atoms. The van der Waals surface area contributed by atoms with Gasteiger partial charge in [0.15, 0.2) is 0 Å². The summed E-state index contributed by atoms with van der Waals surface area (Å²) in [5.41, 5.74) is 0. The molecule has 14 heavy (non-hydrogen) atoms. The molecule has 86 valence electrons. The van der Waals surface area contributed by atoms with Gasteiger partial charge in [0, 0.05) is 9.29 Å². The maximum absolute atomic E-state index is 9.45. The van der Waals surface area contributed by atoms with Crippen LogP contribution in [-0.4, -0.2) is 82.0 Å². The van der Waals surface area contributed by atoms with Crippen LogP contribution < -0.4 is 0 Å². The molecular formula is C8H19NO5. The van der Waals surface area contributed by atoms with Crippen molar-refractivity contribution in [3.63, 3.8) is 0 Å². The Kier molecular flexibility index (Phi) is 4.61. The van der Waals surface area contributed by atoms with Crippen molar-refractivity contribution in [1.82, 2.24) is 4.90 Å². The first-order chi connectivity index (χ1) is 7.47. The summed E-state index contributed by atoms with van der Waals surface area (Å²) in [4.78, 5) is 1.21. The molecule has 5 N–H and O–H groups in total. The summed E-state index contributed by atoms with van der Waals surface area (Å²) < 4.78 is 14.0. The van der Waals surface area contributed by atoms with Crippen molar-refractivity contribution in [1.29, 1.82) is 0 Å². The van der Waals surface area contributed by atoms with Gasteiger partial charge in [-0.3, -0.25) is 0 Å². The van der Waals surface area contributed by atoms with Crippen LogP contribution in [0.4, 0.5) is 0 Å². The molecule has 0 aliphatic carbocycles. The van der Waals surface area contributed by atoms with Gasteiger partial charge in [0.1, 0.15) is 18.3 Å². The Labute approximate surface area is 85.8 Å². The van der Waals surface area contributed by atoms with E-state index in [1.165, 1.54) is 4.90 Å². The molecule has 0 saturated carbocycles. The summed E-state index contributed by atoms with van der Waals surface area (Å²) in [5, 5.41) is 45.7. The molecule has 0 heterocycles. The third-order valence-electron chi connectivity index (χ3n) is 1.77. The summed E-state index contributed by atoms with van der Waals surface area (Å²) in [5.74, 6) is 0. The Morgan fingerprint density at radius 1 is 1.07 bits per heavy atom. The molecule has 0 aliphatic heterocycles. The van der Waals surface area contributed by atoms with E-state index in [1.807, 2.05) is 0 Å². The molecule has 0 amide bonds. The fourth-order valence-corrected chi connectivity index (χ4v) is 0.936. The van der Waals surface area contributed by atoms with Crippen LogP contribution >= 0.6 is 0 Å². The van der Waals surface area contributed by atoms with Crippen LogP contribution in [0.1, 0.15) is 2.74 Å². The van der Waals surface area contributed by atoms with Crippen molar-refractivity contribution in [2.75, 3.05) is 27.2 Å². The monoisotopic (exact) mass is 211 g/mol. The van der Waals surface area contributed by atoms with E-state index in [-0.39, 0.29) is 20.6 Å². The van der Waals surface area contributed by atoms with Crippen molar-refractivity contribution >= 4 is 0 Å². The number of rotatable bonds is 6. The first-order valence-electron chi connectivity index (χ1n) is 5.53. The van der Waals surface area contributed by atoms with Gasteiger partial charge < -0.3 is 30.4 Å². The first-order valence-corrected chi connectivity index (χ1v) is 4.11. The number of aliphatic hydroxyl groups excluding tert-OH is 5. The highest BCUT2D eigenvalue weighted by Crippen LogP contribution is 2.05. The summed E-state index contributed by atoms with van der Waals surface area (Å²) in [6.45, 7) is -0.894. The number of nitrogens with zero attached hydrogens (tertiary/aromatic N) is 1. The molecule has 0 aliphatic rings. The molecule has 0 aromatic rings. The summed E-state index contributed by atoms with van der Waals surface area (Å²) >= 11 is 0. The predicted octanol–water partition coefficient (Wildman–Crippen LogP) is -3.02. The molecule has 0 unspecified atom stereocenters. The molecule has 0 aromatic carbocycles. The lowest BCUT2D eigenvalue weighted by Gasteiger charge is -2.27. The fraction of sp³-hybridized carbons (Fsp3) is 1.00. The van der Waals surface area contributed by atoms with Gasteiger partial charge in [-0.15, -0.1) is 0 Å². The molecule has 0 aromatic heterocycles. The van der Waals surface area contributed by atoms with E-state index in [1.54, 1.807) is 0 Å². The maximum Gasteiger partial charge on any atom is 0.111 e. The second-order valence-corrected chi connectivity index (χ2v) is 3.15. The normalized spacial score (nSPS) is 22.4. The molecule has 0 saturated heterocycles. The Balaban J connectivity index is 4.20. The number of likely N-dealkylation sites (N-methyl/N-ethyl adjacent to an activating group) is 1. The van der Waals surface area contributed by atoms with Gasteiger partial charge in [0.05, 0.1) is 12.7 Å². The Hall–Kier alpha value is -0.240. The fourth-order valence-electron chi connectivity index (χ4n) is 0.936. The summed E-state index contributed by atoms with van der Waals surface area (Å²) in [6, 6.07) is 0. The minimum absolute atomic E-state index is 0.163. The van der Waals surface area contributed by atoms with Crippen molar-refractivity contribution < 1.29 is 28.3 Å². The standard InChI is InChI=1S/C8H19NO5/c1-9(2)3-5(11)7(13)8(14)6(12)4-10/h5-8,10-14H,3-4H2,1-2H3/t5-,6+,7+,8+/m0/s1/i1D,2D. The van der Waals surface area contributed by atoms with Gasteiger partial charge in [-0.2, -0.15) is 0 Å². The average Bonchev–Trinajstić information content (AvgIpc) is 2.32. The lowest BCUT2D eigenvalue weighted by Crippen LogP contribution is -2.48. The quantitative estimate of drug-likeness (QED) is 0.320. The van der Waals surface area contributed by atoms with Crippen molar-refractivity contribution in [2.45, 2.75) is 24.4 Å². The molecule has 4 atom stereocenters. The van der Waals surface area contributed by atoms with Crippen LogP contribution in [0.15, 0.2) is 0 Å². The Morgan fingerprint density at radius 2 is 1.57 bits per heavy atom. The van der Waals surface area contributed by atoms with Crippen LogP contribution in [0.25, 0.3) is 0 Å². The first kappa shape index (κ1) is 10.3. The average molecular weight is 211 g/mol. The highest BCUT2D eigenvalue weighted by molar-refractivity contribution is 4.81. The molecule has 6 heteroatoms. The van der Waals surface area contributed by atoms with E-state index in [9.17, 15) is 15.3 Å². The molecule has 6 nitrogen and oxygen atoms in total. The zero-order valence-corrected chi connectivity index (χ0v) is 7.82. The van der Waals surface area contributed by atoms with Crippen LogP contribution in [-0.2, 0) is 0 Å². The number of aliphatic hydroxyl groups is 5. The van der Waals surface area contributed by atoms with Gasteiger partial charge in [-0.05, 0) is 14.0 Å². The van der Waals surface area contributed by atoms with E-state index in [0.717, 1.165) is 0 Å². The third-order valence-corrected chi connectivity index (χ3v) is 1.77. The maximum atomic E-state index is 9.45. The lowest BCUT2D eigenvalue weighted by atomic mass is 10.0. The highest BCUT2D eigenvalue weighted by Gasteiger charge is 2.29. The predicted molar refractivity (Wildman–Crippen MR) is 49.7 cm³/mol. The molecule has 0 fully saturated rings. The van der Waals surface area contributed by atoms with Crippen LogP contribution in [0.2, 0.25) is 0 Å². The topological polar surface area (TPSA) is 104 Å². The van der Waals surface area contributed by atoms with Gasteiger partial charge in [-0.25, -0.2) is 0 Å². The largest absolute Gasteiger partial charge is 0.394 e. The number of hydrogen-bond acceptors (Lipinski definition) is 6. The van der Waals surface area contributed by atoms with Crippen LogP contribution in [0.3, 0.4) is 0 Å². The van der Waals surface area contributed by atoms with Gasteiger partial charge >= 0.3 is 0 Å². The summed E-state index contributed by atoms with van der Waals surface area (Å²) in [7, 11) is -0.433. The van der Waals surface area contributed by atoms with E-state index in [0.29, 0.717) is 0 Å². The second kappa shape index (κ2) is 6.28. The highest BCUT2D eigenvalue weighted by atomic mass is 16.4. The van der Waals surface area contributed by atoms with E-state index >= 15 is 0 Å². The van der Waals surface area contributed by atoms with Crippen molar-refractivity contribution in [3.05, 3.63) is 0 Å². The SMILES string of the molecule is [2H]CN(C[2H])C[C@H](O)[C@@H](O)[C@H](O)[C@H](O)CO. The Morgan fingerprint density at radius 3 is 2.00 bits per heavy atom. The Bertz CT molecular complexity index is 184. The van der Waals surface area contributed by atoms with Crippen LogP contribution in [0, 0.1) is 0 Å². The molecule has 0 rings (SSSR count). The number of hydrogen-bond donors (Lipinski definition) is 5. The van der Waals surface area contributed by atoms with Gasteiger partial charge in [0.2, 0.25) is 0 Å². The summed E-state index contributed by atoms with van der Waals surface area (Å²) in [6.07, 6.45) is -6.24. The van der Waals surface area contributed by atoms with E-state index < -0.39 is 31.0 Å². The zero-order valence-electron chi connectivity index (χ0n) is 9.82. The lowest BCUT2D eigenvalue weighted by molar-refractivity contribution is -0.117. The minimum Gasteiger partial charge on any atom is -0.394 e. The minimum atomic E-state index is -1.67. The van der Waals surface area contributed by atoms with Gasteiger partial charge in [-0.1, -0.05) is 0 Å². The molecular weight excluding hydrogens is 190 g/mol. The zero-order chi connectivity index (χ0) is 12.7. The molecule has 0 radical (unpaired) electrons. The van der Waals surface area contributed by atoms with E-state index in [2.05, 4.69) is 0 Å². The molecule has 0 bridgehead atoms. The second-order valence-electron chi connectivity index (χ2n) is 3.15. The van der Waals surface area contributed by atoms with Crippen molar-refractivity contribution in [2.24, 2.45) is 0 Å².